The molecule has 1 aromatic heterocycles. The Balaban J connectivity index is 1.87. The van der Waals surface area contributed by atoms with Gasteiger partial charge in [0.1, 0.15) is 0 Å². The molecule has 3 heteroatoms. The highest BCUT2D eigenvalue weighted by atomic mass is 32.1. The van der Waals surface area contributed by atoms with Gasteiger partial charge >= 0.3 is 0 Å². The summed E-state index contributed by atoms with van der Waals surface area (Å²) in [5, 5.41) is 0. The molecule has 0 aromatic carbocycles. The number of thiazole rings is 1. The van der Waals surface area contributed by atoms with Crippen LogP contribution in [-0.2, 0) is 6.42 Å². The van der Waals surface area contributed by atoms with Crippen LogP contribution in [0.25, 0.3) is 0 Å². The van der Waals surface area contributed by atoms with Crippen molar-refractivity contribution in [1.82, 2.24) is 4.98 Å². The second-order valence-electron chi connectivity index (χ2n) is 7.36. The molecule has 0 atom stereocenters. The predicted molar refractivity (Wildman–Crippen MR) is 83.5 cm³/mol. The monoisotopic (exact) mass is 280 g/mol. The Hall–Kier alpha value is -0.410. The molecule has 2 rings (SSSR count). The number of aromatic nitrogens is 1. The highest BCUT2D eigenvalue weighted by molar-refractivity contribution is 7.09. The van der Waals surface area contributed by atoms with Crippen molar-refractivity contribution < 1.29 is 0 Å². The van der Waals surface area contributed by atoms with E-state index in [1.54, 1.807) is 11.3 Å². The second kappa shape index (κ2) is 5.53. The third-order valence-electron chi connectivity index (χ3n) is 4.90. The molecular formula is C16H28N2S. The van der Waals surface area contributed by atoms with Crippen LogP contribution in [0.1, 0.15) is 63.4 Å². The first-order chi connectivity index (χ1) is 8.80. The molecule has 19 heavy (non-hydrogen) atoms. The van der Waals surface area contributed by atoms with Crippen molar-refractivity contribution in [2.45, 2.75) is 71.8 Å². The van der Waals surface area contributed by atoms with E-state index in [-0.39, 0.29) is 5.54 Å². The Kier molecular flexibility index (Phi) is 4.36. The molecule has 2 N–H and O–H groups in total. The standard InChI is InChI=1S/C16H28N2S/c1-12-14(19-11-18-12)7-10-16(17)8-5-13(6-9-16)15(2,3)4/h11,13H,5-10,17H2,1-4H3. The molecule has 0 amide bonds. The van der Waals surface area contributed by atoms with E-state index in [4.69, 9.17) is 5.73 Å². The van der Waals surface area contributed by atoms with Crippen molar-refractivity contribution in [3.05, 3.63) is 16.1 Å². The van der Waals surface area contributed by atoms with Gasteiger partial charge in [-0.05, 0) is 56.8 Å². The summed E-state index contributed by atoms with van der Waals surface area (Å²) < 4.78 is 0. The van der Waals surface area contributed by atoms with Crippen molar-refractivity contribution in [3.8, 4) is 0 Å². The zero-order valence-corrected chi connectivity index (χ0v) is 13.6. The zero-order chi connectivity index (χ0) is 14.1. The first-order valence-electron chi connectivity index (χ1n) is 7.48. The van der Waals surface area contributed by atoms with Gasteiger partial charge in [-0.3, -0.25) is 0 Å². The normalized spacial score (nSPS) is 28.6. The van der Waals surface area contributed by atoms with Crippen molar-refractivity contribution in [2.24, 2.45) is 17.1 Å². The van der Waals surface area contributed by atoms with Gasteiger partial charge in [0.2, 0.25) is 0 Å². The Bertz CT molecular complexity index is 409. The maximum Gasteiger partial charge on any atom is 0.0797 e. The van der Waals surface area contributed by atoms with Gasteiger partial charge in [0.05, 0.1) is 11.2 Å². The molecule has 0 saturated heterocycles. The summed E-state index contributed by atoms with van der Waals surface area (Å²) in [6, 6.07) is 0. The van der Waals surface area contributed by atoms with Gasteiger partial charge in [0.15, 0.2) is 0 Å². The van der Waals surface area contributed by atoms with Gasteiger partial charge in [0, 0.05) is 10.4 Å². The quantitative estimate of drug-likeness (QED) is 0.895. The zero-order valence-electron chi connectivity index (χ0n) is 12.8. The Morgan fingerprint density at radius 1 is 1.37 bits per heavy atom. The number of rotatable bonds is 3. The van der Waals surface area contributed by atoms with Crippen LogP contribution < -0.4 is 5.73 Å². The van der Waals surface area contributed by atoms with Crippen molar-refractivity contribution in [3.63, 3.8) is 0 Å². The van der Waals surface area contributed by atoms with Crippen LogP contribution in [0, 0.1) is 18.3 Å². The first-order valence-corrected chi connectivity index (χ1v) is 8.36. The van der Waals surface area contributed by atoms with Gasteiger partial charge in [-0.1, -0.05) is 20.8 Å². The summed E-state index contributed by atoms with van der Waals surface area (Å²) in [5.41, 5.74) is 10.3. The SMILES string of the molecule is Cc1ncsc1CCC1(N)CCC(C(C)(C)C)CC1. The van der Waals surface area contributed by atoms with E-state index in [9.17, 15) is 0 Å². The van der Waals surface area contributed by atoms with E-state index in [2.05, 4.69) is 32.7 Å². The van der Waals surface area contributed by atoms with Crippen molar-refractivity contribution >= 4 is 11.3 Å². The predicted octanol–water partition coefficient (Wildman–Crippen LogP) is 4.32. The molecule has 108 valence electrons. The van der Waals surface area contributed by atoms with E-state index in [1.807, 2.05) is 5.51 Å². The molecule has 0 radical (unpaired) electrons. The smallest absolute Gasteiger partial charge is 0.0797 e. The third kappa shape index (κ3) is 3.79. The molecule has 1 fully saturated rings. The fourth-order valence-corrected chi connectivity index (χ4v) is 4.02. The van der Waals surface area contributed by atoms with Crippen LogP contribution in [0.3, 0.4) is 0 Å². The fraction of sp³-hybridized carbons (Fsp3) is 0.812. The van der Waals surface area contributed by atoms with E-state index in [1.165, 1.54) is 36.3 Å². The minimum Gasteiger partial charge on any atom is -0.325 e. The average Bonchev–Trinajstić information content (AvgIpc) is 2.72. The van der Waals surface area contributed by atoms with Crippen molar-refractivity contribution in [1.29, 1.82) is 0 Å². The molecule has 1 saturated carbocycles. The summed E-state index contributed by atoms with van der Waals surface area (Å²) >= 11 is 1.77. The summed E-state index contributed by atoms with van der Waals surface area (Å²) in [5.74, 6) is 0.842. The van der Waals surface area contributed by atoms with Gasteiger partial charge in [-0.25, -0.2) is 4.98 Å². The van der Waals surface area contributed by atoms with Crippen LogP contribution >= 0.6 is 11.3 Å². The summed E-state index contributed by atoms with van der Waals surface area (Å²) in [6.07, 6.45) is 7.18. The fourth-order valence-electron chi connectivity index (χ4n) is 3.24. The lowest BCUT2D eigenvalue weighted by Gasteiger charge is -2.42. The van der Waals surface area contributed by atoms with Crippen LogP contribution in [-0.4, -0.2) is 10.5 Å². The second-order valence-corrected chi connectivity index (χ2v) is 8.30. The molecule has 2 nitrogen and oxygen atoms in total. The summed E-state index contributed by atoms with van der Waals surface area (Å²) in [7, 11) is 0. The lowest BCUT2D eigenvalue weighted by atomic mass is 9.66. The third-order valence-corrected chi connectivity index (χ3v) is 5.90. The van der Waals surface area contributed by atoms with E-state index >= 15 is 0 Å². The minimum atomic E-state index is 0.0676. The van der Waals surface area contributed by atoms with Gasteiger partial charge in [0.25, 0.3) is 0 Å². The van der Waals surface area contributed by atoms with Crippen LogP contribution in [0.4, 0.5) is 0 Å². The number of nitrogens with zero attached hydrogens (tertiary/aromatic N) is 1. The van der Waals surface area contributed by atoms with E-state index < -0.39 is 0 Å². The van der Waals surface area contributed by atoms with E-state index in [0.29, 0.717) is 5.41 Å². The highest BCUT2D eigenvalue weighted by Gasteiger charge is 2.35. The van der Waals surface area contributed by atoms with Gasteiger partial charge in [-0.2, -0.15) is 0 Å². The number of nitrogens with two attached hydrogens (primary N) is 1. The molecule has 0 unspecified atom stereocenters. The summed E-state index contributed by atoms with van der Waals surface area (Å²) in [4.78, 5) is 5.74. The van der Waals surface area contributed by atoms with Gasteiger partial charge in [-0.15, -0.1) is 11.3 Å². The first kappa shape index (κ1) is 15.0. The molecule has 1 aliphatic carbocycles. The largest absolute Gasteiger partial charge is 0.325 e. The summed E-state index contributed by atoms with van der Waals surface area (Å²) in [6.45, 7) is 9.19. The van der Waals surface area contributed by atoms with E-state index in [0.717, 1.165) is 18.8 Å². The number of aryl methyl sites for hydroxylation is 2. The Morgan fingerprint density at radius 2 is 2.00 bits per heavy atom. The van der Waals surface area contributed by atoms with Gasteiger partial charge < -0.3 is 5.73 Å². The topological polar surface area (TPSA) is 38.9 Å². The maximum absolute atomic E-state index is 6.62. The van der Waals surface area contributed by atoms with Crippen molar-refractivity contribution in [2.75, 3.05) is 0 Å². The molecule has 0 bridgehead atoms. The Labute approximate surface area is 121 Å². The maximum atomic E-state index is 6.62. The van der Waals surface area contributed by atoms with Crippen LogP contribution in [0.15, 0.2) is 5.51 Å². The van der Waals surface area contributed by atoms with Crippen LogP contribution in [0.5, 0.6) is 0 Å². The number of hydrogen-bond acceptors (Lipinski definition) is 3. The molecule has 0 spiro atoms. The molecular weight excluding hydrogens is 252 g/mol. The molecule has 1 aromatic rings. The Morgan fingerprint density at radius 3 is 2.47 bits per heavy atom. The minimum absolute atomic E-state index is 0.0676. The highest BCUT2D eigenvalue weighted by Crippen LogP contribution is 2.42. The molecule has 1 heterocycles. The molecule has 1 aliphatic rings. The van der Waals surface area contributed by atoms with Crippen LogP contribution in [0.2, 0.25) is 0 Å². The average molecular weight is 280 g/mol. The lowest BCUT2D eigenvalue weighted by molar-refractivity contribution is 0.130. The molecule has 0 aliphatic heterocycles. The number of hydrogen-bond donors (Lipinski definition) is 1. The lowest BCUT2D eigenvalue weighted by Crippen LogP contribution is -2.45.